The third kappa shape index (κ3) is 6.74. The van der Waals surface area contributed by atoms with Crippen molar-refractivity contribution >= 4 is 33.2 Å². The number of hydrogen-bond acceptors (Lipinski definition) is 4. The largest absolute Gasteiger partial charge is 0.494 e. The maximum absolute atomic E-state index is 13.4. The summed E-state index contributed by atoms with van der Waals surface area (Å²) < 4.78 is 33.5. The number of benzene rings is 3. The van der Waals surface area contributed by atoms with Gasteiger partial charge in [-0.3, -0.25) is 9.10 Å². The van der Waals surface area contributed by atoms with E-state index in [4.69, 9.17) is 16.3 Å². The first-order chi connectivity index (χ1) is 16.3. The van der Waals surface area contributed by atoms with Crippen molar-refractivity contribution in [1.82, 2.24) is 5.32 Å². The van der Waals surface area contributed by atoms with Crippen LogP contribution in [0.5, 0.6) is 5.75 Å². The van der Waals surface area contributed by atoms with Crippen molar-refractivity contribution in [3.8, 4) is 5.75 Å². The van der Waals surface area contributed by atoms with Gasteiger partial charge in [-0.15, -0.1) is 0 Å². The number of nitrogens with one attached hydrogen (secondary N) is 1. The molecule has 0 aliphatic rings. The predicted molar refractivity (Wildman–Crippen MR) is 136 cm³/mol. The summed E-state index contributed by atoms with van der Waals surface area (Å²) in [5.74, 6) is 0.242. The topological polar surface area (TPSA) is 75.7 Å². The van der Waals surface area contributed by atoms with Gasteiger partial charge in [0.25, 0.3) is 10.0 Å². The van der Waals surface area contributed by atoms with Gasteiger partial charge < -0.3 is 10.1 Å². The van der Waals surface area contributed by atoms with Gasteiger partial charge in [0.1, 0.15) is 12.3 Å². The lowest BCUT2D eigenvalue weighted by atomic mass is 10.1. The van der Waals surface area contributed by atoms with Crippen LogP contribution in [0.25, 0.3) is 0 Å². The minimum atomic E-state index is -3.96. The Bertz CT molecular complexity index is 1200. The number of rotatable bonds is 11. The zero-order valence-corrected chi connectivity index (χ0v) is 20.9. The minimum Gasteiger partial charge on any atom is -0.494 e. The number of hydrogen-bond donors (Lipinski definition) is 1. The van der Waals surface area contributed by atoms with Crippen molar-refractivity contribution in [2.75, 3.05) is 24.0 Å². The Hall–Kier alpha value is -3.03. The lowest BCUT2D eigenvalue weighted by Crippen LogP contribution is -2.41. The highest BCUT2D eigenvalue weighted by Gasteiger charge is 2.27. The smallest absolute Gasteiger partial charge is 0.264 e. The van der Waals surface area contributed by atoms with Crippen LogP contribution in [-0.4, -0.2) is 34.0 Å². The molecule has 0 aliphatic heterocycles. The van der Waals surface area contributed by atoms with Gasteiger partial charge >= 0.3 is 0 Å². The number of carbonyl (C=O) groups is 1. The predicted octanol–water partition coefficient (Wildman–Crippen LogP) is 4.99. The molecular weight excluding hydrogens is 472 g/mol. The molecular formula is C26H29ClN2O4S. The van der Waals surface area contributed by atoms with E-state index in [-0.39, 0.29) is 17.3 Å². The van der Waals surface area contributed by atoms with Gasteiger partial charge in [0, 0.05) is 11.6 Å². The molecule has 0 aromatic heterocycles. The Morgan fingerprint density at radius 1 is 1.00 bits per heavy atom. The van der Waals surface area contributed by atoms with E-state index in [1.54, 1.807) is 48.5 Å². The molecule has 6 nitrogen and oxygen atoms in total. The number of amides is 1. The van der Waals surface area contributed by atoms with Gasteiger partial charge in [0.2, 0.25) is 5.91 Å². The summed E-state index contributed by atoms with van der Waals surface area (Å²) in [6, 6.07) is 20.8. The molecule has 0 radical (unpaired) electrons. The third-order valence-corrected chi connectivity index (χ3v) is 7.39. The molecule has 0 heterocycles. The number of nitrogens with zero attached hydrogens (tertiary/aromatic N) is 1. The molecule has 0 saturated heterocycles. The third-order valence-electron chi connectivity index (χ3n) is 5.23. The summed E-state index contributed by atoms with van der Waals surface area (Å²) in [4.78, 5) is 12.9. The minimum absolute atomic E-state index is 0.124. The zero-order chi connectivity index (χ0) is 24.6. The molecule has 34 heavy (non-hydrogen) atoms. The van der Waals surface area contributed by atoms with Crippen LogP contribution in [0.1, 0.15) is 24.5 Å². The van der Waals surface area contributed by atoms with Crippen molar-refractivity contribution in [2.45, 2.75) is 31.6 Å². The molecule has 3 aromatic rings. The fraction of sp³-hybridized carbons (Fsp3) is 0.269. The highest BCUT2D eigenvalue weighted by Crippen LogP contribution is 2.26. The first-order valence-corrected chi connectivity index (χ1v) is 13.0. The number of sulfonamides is 1. The van der Waals surface area contributed by atoms with E-state index in [0.717, 1.165) is 15.4 Å². The highest BCUT2D eigenvalue weighted by molar-refractivity contribution is 7.92. The molecule has 3 aromatic carbocycles. The lowest BCUT2D eigenvalue weighted by Gasteiger charge is -2.24. The summed E-state index contributed by atoms with van der Waals surface area (Å²) in [7, 11) is -3.96. The van der Waals surface area contributed by atoms with Crippen LogP contribution in [0.4, 0.5) is 5.69 Å². The first kappa shape index (κ1) is 25.6. The van der Waals surface area contributed by atoms with E-state index in [0.29, 0.717) is 42.5 Å². The van der Waals surface area contributed by atoms with E-state index in [1.807, 2.05) is 38.1 Å². The Morgan fingerprint density at radius 2 is 1.68 bits per heavy atom. The van der Waals surface area contributed by atoms with Crippen molar-refractivity contribution in [2.24, 2.45) is 0 Å². The van der Waals surface area contributed by atoms with Crippen molar-refractivity contribution in [1.29, 1.82) is 0 Å². The summed E-state index contributed by atoms with van der Waals surface area (Å²) in [6.07, 6.45) is 1.40. The van der Waals surface area contributed by atoms with Crippen LogP contribution in [0, 0.1) is 6.92 Å². The number of ether oxygens (including phenoxy) is 1. The molecule has 0 saturated carbocycles. The van der Waals surface area contributed by atoms with Gasteiger partial charge in [0.15, 0.2) is 0 Å². The zero-order valence-electron chi connectivity index (χ0n) is 19.3. The highest BCUT2D eigenvalue weighted by atomic mass is 35.5. The fourth-order valence-corrected chi connectivity index (χ4v) is 5.07. The number of aryl methyl sites for hydroxylation is 2. The second-order valence-corrected chi connectivity index (χ2v) is 10.1. The van der Waals surface area contributed by atoms with Crippen molar-refractivity contribution < 1.29 is 17.9 Å². The Labute approximate surface area is 206 Å². The molecule has 0 spiro atoms. The van der Waals surface area contributed by atoms with Gasteiger partial charge in [-0.1, -0.05) is 47.5 Å². The van der Waals surface area contributed by atoms with E-state index in [1.165, 1.54) is 0 Å². The van der Waals surface area contributed by atoms with Crippen molar-refractivity contribution in [3.05, 3.63) is 88.9 Å². The van der Waals surface area contributed by atoms with E-state index < -0.39 is 10.0 Å². The standard InChI is InChI=1S/C26H29ClN2O4S/c1-3-33-23-14-12-22(13-15-23)29(34(31,32)24-16-10-20(2)11-17-24)19-26(30)28-18-6-8-21-7-4-5-9-25(21)27/h4-5,7,9-17H,3,6,8,18-19H2,1-2H3,(H,28,30). The lowest BCUT2D eigenvalue weighted by molar-refractivity contribution is -0.119. The Balaban J connectivity index is 1.73. The number of carbonyl (C=O) groups excluding carboxylic acids is 1. The van der Waals surface area contributed by atoms with Gasteiger partial charge in [0.05, 0.1) is 17.2 Å². The molecule has 0 bridgehead atoms. The second kappa shape index (κ2) is 11.9. The van der Waals surface area contributed by atoms with Crippen LogP contribution in [0.3, 0.4) is 0 Å². The van der Waals surface area contributed by atoms with Crippen LogP contribution in [0.2, 0.25) is 5.02 Å². The Kier molecular flexibility index (Phi) is 8.96. The summed E-state index contributed by atoms with van der Waals surface area (Å²) >= 11 is 6.18. The van der Waals surface area contributed by atoms with Gasteiger partial charge in [-0.05, 0) is 74.7 Å². The molecule has 0 atom stereocenters. The fourth-order valence-electron chi connectivity index (χ4n) is 3.42. The monoisotopic (exact) mass is 500 g/mol. The average molecular weight is 501 g/mol. The molecule has 8 heteroatoms. The quantitative estimate of drug-likeness (QED) is 0.376. The number of halogens is 1. The van der Waals surface area contributed by atoms with Crippen LogP contribution < -0.4 is 14.4 Å². The van der Waals surface area contributed by atoms with Gasteiger partial charge in [-0.2, -0.15) is 0 Å². The number of anilines is 1. The van der Waals surface area contributed by atoms with Crippen molar-refractivity contribution in [3.63, 3.8) is 0 Å². The van der Waals surface area contributed by atoms with Crippen LogP contribution in [-0.2, 0) is 21.2 Å². The molecule has 0 aliphatic carbocycles. The molecule has 0 fully saturated rings. The molecule has 3 rings (SSSR count). The molecule has 1 N–H and O–H groups in total. The molecule has 0 unspecified atom stereocenters. The van der Waals surface area contributed by atoms with Gasteiger partial charge in [-0.25, -0.2) is 8.42 Å². The summed E-state index contributed by atoms with van der Waals surface area (Å²) in [6.45, 7) is 4.33. The first-order valence-electron chi connectivity index (χ1n) is 11.1. The van der Waals surface area contributed by atoms with Crippen LogP contribution >= 0.6 is 11.6 Å². The van der Waals surface area contributed by atoms with E-state index >= 15 is 0 Å². The van der Waals surface area contributed by atoms with Crippen LogP contribution in [0.15, 0.2) is 77.7 Å². The molecule has 1 amide bonds. The summed E-state index contributed by atoms with van der Waals surface area (Å²) in [5.41, 5.74) is 2.34. The second-order valence-electron chi connectivity index (χ2n) is 7.80. The average Bonchev–Trinajstić information content (AvgIpc) is 2.82. The normalized spacial score (nSPS) is 11.1. The summed E-state index contributed by atoms with van der Waals surface area (Å²) in [5, 5.41) is 3.52. The van der Waals surface area contributed by atoms with E-state index in [9.17, 15) is 13.2 Å². The SMILES string of the molecule is CCOc1ccc(N(CC(=O)NCCCc2ccccc2Cl)S(=O)(=O)c2ccc(C)cc2)cc1. The van der Waals surface area contributed by atoms with E-state index in [2.05, 4.69) is 5.32 Å². The maximum Gasteiger partial charge on any atom is 0.264 e. The maximum atomic E-state index is 13.4. The Morgan fingerprint density at radius 3 is 2.32 bits per heavy atom. The molecule has 180 valence electrons.